The Hall–Kier alpha value is -4.34. The Bertz CT molecular complexity index is 1660. The maximum absolute atomic E-state index is 13.4. The molecule has 5 aromatic rings. The number of fused-ring (bicyclic) bond motifs is 1. The minimum absolute atomic E-state index is 0.0818. The molecule has 1 aliphatic rings. The highest BCUT2D eigenvalue weighted by molar-refractivity contribution is 5.80. The van der Waals surface area contributed by atoms with Crippen molar-refractivity contribution in [3.8, 4) is 22.5 Å². The lowest BCUT2D eigenvalue weighted by atomic mass is 9.98. The van der Waals surface area contributed by atoms with Crippen LogP contribution in [-0.2, 0) is 13.1 Å². The first kappa shape index (κ1) is 22.1. The van der Waals surface area contributed by atoms with Gasteiger partial charge in [-0.1, -0.05) is 62.4 Å². The van der Waals surface area contributed by atoms with Crippen LogP contribution in [0.1, 0.15) is 44.0 Å². The molecule has 1 fully saturated rings. The van der Waals surface area contributed by atoms with Crippen molar-refractivity contribution in [3.05, 3.63) is 80.8 Å². The molecule has 10 nitrogen and oxygen atoms in total. The molecule has 0 atom stereocenters. The second kappa shape index (κ2) is 8.71. The van der Waals surface area contributed by atoms with E-state index >= 15 is 0 Å². The normalized spacial score (nSPS) is 13.6. The molecule has 1 aliphatic carbocycles. The summed E-state index contributed by atoms with van der Waals surface area (Å²) in [5.41, 5.74) is 4.08. The van der Waals surface area contributed by atoms with Gasteiger partial charge in [0.05, 0.1) is 0 Å². The molecule has 182 valence electrons. The third-order valence-electron chi connectivity index (χ3n) is 6.69. The Morgan fingerprint density at radius 2 is 1.75 bits per heavy atom. The van der Waals surface area contributed by atoms with Gasteiger partial charge in [0.1, 0.15) is 5.82 Å². The highest BCUT2D eigenvalue weighted by atomic mass is 16.2. The lowest BCUT2D eigenvalue weighted by Crippen LogP contribution is -2.36. The second-order valence-electron chi connectivity index (χ2n) is 9.68. The van der Waals surface area contributed by atoms with Crippen molar-refractivity contribution in [2.45, 2.75) is 45.7 Å². The Labute approximate surface area is 206 Å². The zero-order valence-electron chi connectivity index (χ0n) is 20.1. The zero-order chi connectivity index (χ0) is 24.8. The number of nitrogens with zero attached hydrogens (tertiary/aromatic N) is 6. The molecule has 0 bridgehead atoms. The van der Waals surface area contributed by atoms with E-state index in [1.807, 2.05) is 54.8 Å². The molecule has 0 radical (unpaired) electrons. The standard InChI is InChI=1S/C26H26N8O2/c1-15(2)24-27-23-21(25(35)34(26(36)28-23)14-16-7-8-16)33(24)13-17-9-11-18(12-10-17)19-5-3-4-6-20(19)22-29-31-32-30-22/h3-6,9-12,15-16H,7-8,13-14H2,1-2H3,(H,28,36)(H,29,30,31,32). The van der Waals surface area contributed by atoms with Gasteiger partial charge in [0.25, 0.3) is 5.56 Å². The number of H-pyrrole nitrogens is 2. The van der Waals surface area contributed by atoms with Gasteiger partial charge in [0, 0.05) is 24.6 Å². The minimum Gasteiger partial charge on any atom is -0.317 e. The molecule has 36 heavy (non-hydrogen) atoms. The fourth-order valence-electron chi connectivity index (χ4n) is 4.67. The smallest absolute Gasteiger partial charge is 0.317 e. The molecule has 6 rings (SSSR count). The number of nitrogens with one attached hydrogen (secondary N) is 2. The van der Waals surface area contributed by atoms with Crippen molar-refractivity contribution in [1.82, 2.24) is 39.7 Å². The van der Waals surface area contributed by atoms with Crippen LogP contribution in [0.15, 0.2) is 58.1 Å². The van der Waals surface area contributed by atoms with Gasteiger partial charge in [-0.3, -0.25) is 14.3 Å². The van der Waals surface area contributed by atoms with Crippen LogP contribution >= 0.6 is 0 Å². The lowest BCUT2D eigenvalue weighted by Gasteiger charge is -2.13. The molecule has 0 unspecified atom stereocenters. The topological polar surface area (TPSA) is 127 Å². The van der Waals surface area contributed by atoms with Gasteiger partial charge in [-0.15, -0.1) is 10.2 Å². The van der Waals surface area contributed by atoms with Crippen LogP contribution in [0.2, 0.25) is 0 Å². The predicted molar refractivity (Wildman–Crippen MR) is 136 cm³/mol. The predicted octanol–water partition coefficient (Wildman–Crippen LogP) is 3.32. The Morgan fingerprint density at radius 3 is 2.42 bits per heavy atom. The van der Waals surface area contributed by atoms with Gasteiger partial charge < -0.3 is 4.57 Å². The summed E-state index contributed by atoms with van der Waals surface area (Å²) in [7, 11) is 0. The quantitative estimate of drug-likeness (QED) is 0.366. The molecule has 3 aromatic heterocycles. The van der Waals surface area contributed by atoms with E-state index in [9.17, 15) is 9.59 Å². The fraction of sp³-hybridized carbons (Fsp3) is 0.308. The van der Waals surface area contributed by atoms with Crippen LogP contribution in [0, 0.1) is 5.92 Å². The molecule has 0 amide bonds. The molecular weight excluding hydrogens is 456 g/mol. The van der Waals surface area contributed by atoms with Crippen molar-refractivity contribution >= 4 is 11.2 Å². The van der Waals surface area contributed by atoms with Crippen molar-refractivity contribution in [2.24, 2.45) is 5.92 Å². The number of rotatable bonds is 7. The van der Waals surface area contributed by atoms with Gasteiger partial charge in [-0.25, -0.2) is 9.78 Å². The summed E-state index contributed by atoms with van der Waals surface area (Å²) in [5, 5.41) is 14.4. The SMILES string of the molecule is CC(C)c1nc2[nH]c(=O)n(CC3CC3)c(=O)c2n1Cc1ccc(-c2ccccc2-c2nn[nH]n2)cc1. The van der Waals surface area contributed by atoms with Crippen molar-refractivity contribution < 1.29 is 0 Å². The summed E-state index contributed by atoms with van der Waals surface area (Å²) >= 11 is 0. The highest BCUT2D eigenvalue weighted by Crippen LogP contribution is 2.31. The summed E-state index contributed by atoms with van der Waals surface area (Å²) in [5.74, 6) is 1.80. The number of tetrazole rings is 1. The number of benzene rings is 2. The summed E-state index contributed by atoms with van der Waals surface area (Å²) in [6, 6.07) is 16.1. The molecule has 2 N–H and O–H groups in total. The molecule has 3 heterocycles. The Morgan fingerprint density at radius 1 is 1.00 bits per heavy atom. The van der Waals surface area contributed by atoms with Gasteiger partial charge in [-0.05, 0) is 40.7 Å². The van der Waals surface area contributed by atoms with Crippen LogP contribution in [0.5, 0.6) is 0 Å². The van der Waals surface area contributed by atoms with Crippen LogP contribution in [0.25, 0.3) is 33.7 Å². The van der Waals surface area contributed by atoms with E-state index in [-0.39, 0.29) is 17.2 Å². The number of hydrogen-bond donors (Lipinski definition) is 2. The van der Waals surface area contributed by atoms with Crippen LogP contribution in [-0.4, -0.2) is 39.7 Å². The van der Waals surface area contributed by atoms with E-state index in [2.05, 4.69) is 42.7 Å². The first-order chi connectivity index (χ1) is 17.5. The van der Waals surface area contributed by atoms with E-state index in [4.69, 9.17) is 0 Å². The first-order valence-corrected chi connectivity index (χ1v) is 12.1. The second-order valence-corrected chi connectivity index (χ2v) is 9.68. The monoisotopic (exact) mass is 482 g/mol. The number of aromatic nitrogens is 8. The largest absolute Gasteiger partial charge is 0.330 e. The molecule has 0 saturated heterocycles. The maximum atomic E-state index is 13.4. The van der Waals surface area contributed by atoms with Crippen LogP contribution in [0.4, 0.5) is 0 Å². The summed E-state index contributed by atoms with van der Waals surface area (Å²) < 4.78 is 3.28. The van der Waals surface area contributed by atoms with Gasteiger partial charge >= 0.3 is 5.69 Å². The van der Waals surface area contributed by atoms with E-state index < -0.39 is 0 Å². The van der Waals surface area contributed by atoms with Crippen LogP contribution < -0.4 is 11.2 Å². The van der Waals surface area contributed by atoms with Gasteiger partial charge in [-0.2, -0.15) is 5.21 Å². The average Bonchev–Trinajstić information content (AvgIpc) is 3.38. The zero-order valence-corrected chi connectivity index (χ0v) is 20.1. The fourth-order valence-corrected chi connectivity index (χ4v) is 4.67. The summed E-state index contributed by atoms with van der Waals surface area (Å²) in [4.78, 5) is 33.5. The number of aromatic amines is 2. The van der Waals surface area contributed by atoms with Gasteiger partial charge in [0.15, 0.2) is 11.2 Å². The third kappa shape index (κ3) is 3.94. The molecular formula is C26H26N8O2. The number of imidazole rings is 1. The summed E-state index contributed by atoms with van der Waals surface area (Å²) in [6.07, 6.45) is 2.12. The van der Waals surface area contributed by atoms with E-state index in [1.165, 1.54) is 4.57 Å². The van der Waals surface area contributed by atoms with E-state index in [1.54, 1.807) is 0 Å². The number of hydrogen-bond acceptors (Lipinski definition) is 6. The van der Waals surface area contributed by atoms with Crippen LogP contribution in [0.3, 0.4) is 0 Å². The molecule has 1 saturated carbocycles. The van der Waals surface area contributed by atoms with Crippen molar-refractivity contribution in [3.63, 3.8) is 0 Å². The summed E-state index contributed by atoms with van der Waals surface area (Å²) in [6.45, 7) is 5.01. The van der Waals surface area contributed by atoms with Crippen molar-refractivity contribution in [1.29, 1.82) is 0 Å². The van der Waals surface area contributed by atoms with E-state index in [0.29, 0.717) is 36.0 Å². The average molecular weight is 483 g/mol. The maximum Gasteiger partial charge on any atom is 0.330 e. The Kier molecular flexibility index (Phi) is 5.36. The minimum atomic E-state index is -0.385. The molecule has 0 spiro atoms. The van der Waals surface area contributed by atoms with Crippen molar-refractivity contribution in [2.75, 3.05) is 0 Å². The molecule has 0 aliphatic heterocycles. The van der Waals surface area contributed by atoms with Gasteiger partial charge in [0.2, 0.25) is 5.82 Å². The lowest BCUT2D eigenvalue weighted by molar-refractivity contribution is 0.578. The first-order valence-electron chi connectivity index (χ1n) is 12.1. The highest BCUT2D eigenvalue weighted by Gasteiger charge is 2.26. The third-order valence-corrected chi connectivity index (χ3v) is 6.69. The van der Waals surface area contributed by atoms with E-state index in [0.717, 1.165) is 40.9 Å². The Balaban J connectivity index is 1.39. The molecule has 2 aromatic carbocycles. The molecule has 10 heteroatoms.